The first-order valence-electron chi connectivity index (χ1n) is 14.3. The molecule has 2 atom stereocenters. The van der Waals surface area contributed by atoms with E-state index in [1.807, 2.05) is 13.8 Å². The Labute approximate surface area is 261 Å². The van der Waals surface area contributed by atoms with Crippen molar-refractivity contribution in [2.45, 2.75) is 66.0 Å². The molecule has 14 nitrogen and oxygen atoms in total. The molecule has 0 fully saturated rings. The van der Waals surface area contributed by atoms with Crippen LogP contribution in [0.3, 0.4) is 0 Å². The van der Waals surface area contributed by atoms with Crippen molar-refractivity contribution in [2.24, 2.45) is 17.1 Å². The Morgan fingerprint density at radius 1 is 1.04 bits per heavy atom. The molecule has 248 valence electrons. The van der Waals surface area contributed by atoms with Crippen LogP contribution in [0.2, 0.25) is 0 Å². The molecule has 1 aliphatic heterocycles. The number of hydrogen-bond donors (Lipinski definition) is 7. The van der Waals surface area contributed by atoms with Gasteiger partial charge in [-0.2, -0.15) is 0 Å². The van der Waals surface area contributed by atoms with Gasteiger partial charge in [0.05, 0.1) is 35.4 Å². The number of benzene rings is 2. The zero-order valence-electron chi connectivity index (χ0n) is 25.8. The van der Waals surface area contributed by atoms with Gasteiger partial charge in [0.2, 0.25) is 11.8 Å². The van der Waals surface area contributed by atoms with Crippen molar-refractivity contribution in [1.82, 2.24) is 10.6 Å². The third kappa shape index (κ3) is 9.62. The highest BCUT2D eigenvalue weighted by Gasteiger charge is 2.34. The lowest BCUT2D eigenvalue weighted by Gasteiger charge is -2.27. The van der Waals surface area contributed by atoms with E-state index in [2.05, 4.69) is 10.6 Å². The number of carbonyl (C=O) groups is 3. The van der Waals surface area contributed by atoms with Gasteiger partial charge in [0.15, 0.2) is 0 Å². The molecule has 0 aromatic heterocycles. The summed E-state index contributed by atoms with van der Waals surface area (Å²) in [6.45, 7) is 9.46. The Hall–Kier alpha value is -3.25. The van der Waals surface area contributed by atoms with Gasteiger partial charge in [-0.3, -0.25) is 23.5 Å². The van der Waals surface area contributed by atoms with Gasteiger partial charge in [-0.1, -0.05) is 40.7 Å². The lowest BCUT2D eigenvalue weighted by atomic mass is 9.94. The fourth-order valence-electron chi connectivity index (χ4n) is 4.59. The molecule has 3 rings (SSSR count). The third-order valence-corrected chi connectivity index (χ3v) is 9.14. The van der Waals surface area contributed by atoms with Gasteiger partial charge < -0.3 is 45.4 Å². The SMILES string of the molecule is CC(C)COc1cc2c(cc1C(N)=O)[C@@H](NC(=O)[C@H](Cc1ccc(P(=O)(O)O)c(P(=O)(O)O)c1)NC(=O)C(C)(C)C)CCCO2. The molecule has 2 aromatic rings. The van der Waals surface area contributed by atoms with Crippen LogP contribution >= 0.6 is 15.2 Å². The van der Waals surface area contributed by atoms with Crippen molar-refractivity contribution in [3.05, 3.63) is 47.0 Å². The predicted molar refractivity (Wildman–Crippen MR) is 166 cm³/mol. The molecular formula is C29H41N3O11P2. The Kier molecular flexibility index (Phi) is 11.3. The lowest BCUT2D eigenvalue weighted by Crippen LogP contribution is -2.51. The fourth-order valence-corrected chi connectivity index (χ4v) is 6.71. The van der Waals surface area contributed by atoms with E-state index in [1.54, 1.807) is 26.8 Å². The molecule has 1 heterocycles. The van der Waals surface area contributed by atoms with Crippen LogP contribution < -0.4 is 36.5 Å². The second-order valence-electron chi connectivity index (χ2n) is 12.4. The Morgan fingerprint density at radius 2 is 1.69 bits per heavy atom. The normalized spacial score (nSPS) is 16.2. The van der Waals surface area contributed by atoms with Gasteiger partial charge >= 0.3 is 15.2 Å². The second-order valence-corrected chi connectivity index (χ2v) is 15.5. The highest BCUT2D eigenvalue weighted by atomic mass is 31.2. The molecule has 45 heavy (non-hydrogen) atoms. The summed E-state index contributed by atoms with van der Waals surface area (Å²) in [6, 6.07) is 4.18. The van der Waals surface area contributed by atoms with Gasteiger partial charge in [-0.15, -0.1) is 0 Å². The average Bonchev–Trinajstić information content (AvgIpc) is 3.10. The number of nitrogens with one attached hydrogen (secondary N) is 2. The van der Waals surface area contributed by atoms with E-state index in [4.69, 9.17) is 15.2 Å². The number of hydrogen-bond acceptors (Lipinski definition) is 7. The van der Waals surface area contributed by atoms with E-state index in [0.717, 1.165) is 12.1 Å². The Morgan fingerprint density at radius 3 is 2.24 bits per heavy atom. The maximum absolute atomic E-state index is 13.8. The third-order valence-electron chi connectivity index (χ3n) is 6.95. The summed E-state index contributed by atoms with van der Waals surface area (Å²) in [6.07, 6.45) is 0.664. The average molecular weight is 670 g/mol. The number of primary amides is 1. The maximum Gasteiger partial charge on any atom is 0.357 e. The van der Waals surface area contributed by atoms with Crippen molar-refractivity contribution < 1.29 is 52.6 Å². The van der Waals surface area contributed by atoms with Crippen molar-refractivity contribution >= 4 is 43.5 Å². The molecule has 1 aliphatic rings. The van der Waals surface area contributed by atoms with Crippen molar-refractivity contribution in [3.63, 3.8) is 0 Å². The van der Waals surface area contributed by atoms with Gasteiger partial charge in [0, 0.05) is 23.5 Å². The predicted octanol–water partition coefficient (Wildman–Crippen LogP) is 1.53. The minimum Gasteiger partial charge on any atom is -0.493 e. The van der Waals surface area contributed by atoms with E-state index in [0.29, 0.717) is 37.4 Å². The van der Waals surface area contributed by atoms with Crippen LogP contribution in [0.1, 0.15) is 75.0 Å². The molecule has 16 heteroatoms. The van der Waals surface area contributed by atoms with E-state index in [1.165, 1.54) is 12.1 Å². The fraction of sp³-hybridized carbons (Fsp3) is 0.483. The summed E-state index contributed by atoms with van der Waals surface area (Å²) >= 11 is 0. The molecular weight excluding hydrogens is 628 g/mol. The van der Waals surface area contributed by atoms with Crippen molar-refractivity contribution in [3.8, 4) is 11.5 Å². The first kappa shape index (κ1) is 36.2. The zero-order chi connectivity index (χ0) is 33.9. The van der Waals surface area contributed by atoms with Crippen LogP contribution in [0, 0.1) is 11.3 Å². The van der Waals surface area contributed by atoms with Crippen LogP contribution in [0.5, 0.6) is 11.5 Å². The standard InChI is InChI=1S/C29H41N3O11P2/c1-16(2)15-43-23-14-22-18(13-19(23)26(30)33)20(7-6-10-42-22)31-27(34)21(32-28(35)29(3,4)5)11-17-8-9-24(44(36,37)38)25(12-17)45(39,40)41/h8-9,12-14,16,20-21H,6-7,10-11,15H2,1-5H3,(H2,30,33)(H,31,34)(H,32,35)(H2,36,37,38)(H2,39,40,41)/t20-,21-/m0/s1. The number of fused-ring (bicyclic) bond motifs is 1. The van der Waals surface area contributed by atoms with Crippen LogP contribution in [0.4, 0.5) is 0 Å². The topological polar surface area (TPSA) is 235 Å². The van der Waals surface area contributed by atoms with Crippen LogP contribution in [-0.4, -0.2) is 56.6 Å². The van der Waals surface area contributed by atoms with Crippen molar-refractivity contribution in [2.75, 3.05) is 13.2 Å². The molecule has 0 unspecified atom stereocenters. The number of carbonyl (C=O) groups excluding carboxylic acids is 3. The minimum atomic E-state index is -5.14. The summed E-state index contributed by atoms with van der Waals surface area (Å²) < 4.78 is 35.7. The quantitative estimate of drug-likeness (QED) is 0.170. The monoisotopic (exact) mass is 669 g/mol. The largest absolute Gasteiger partial charge is 0.493 e. The molecule has 0 radical (unpaired) electrons. The first-order chi connectivity index (χ1) is 20.7. The Balaban J connectivity index is 2.01. The van der Waals surface area contributed by atoms with Gasteiger partial charge in [0.1, 0.15) is 17.5 Å². The van der Waals surface area contributed by atoms with Crippen LogP contribution in [-0.2, 0) is 25.1 Å². The van der Waals surface area contributed by atoms with Gasteiger partial charge in [-0.05, 0) is 42.5 Å². The van der Waals surface area contributed by atoms with E-state index >= 15 is 0 Å². The molecule has 0 aliphatic carbocycles. The molecule has 0 spiro atoms. The molecule has 0 saturated heterocycles. The number of rotatable bonds is 11. The smallest absolute Gasteiger partial charge is 0.357 e. The van der Waals surface area contributed by atoms with Crippen LogP contribution in [0.25, 0.3) is 0 Å². The highest BCUT2D eigenvalue weighted by Crippen LogP contribution is 2.41. The summed E-state index contributed by atoms with van der Waals surface area (Å²) in [7, 11) is -10.2. The molecule has 8 N–H and O–H groups in total. The maximum atomic E-state index is 13.8. The minimum absolute atomic E-state index is 0.104. The summed E-state index contributed by atoms with van der Waals surface area (Å²) in [5.74, 6) is -1.07. The van der Waals surface area contributed by atoms with Gasteiger partial charge in [-0.25, -0.2) is 0 Å². The molecule has 0 saturated carbocycles. The summed E-state index contributed by atoms with van der Waals surface area (Å²) in [5.41, 5.74) is 5.45. The molecule has 2 aromatic carbocycles. The molecule has 3 amide bonds. The lowest BCUT2D eigenvalue weighted by molar-refractivity contribution is -0.133. The second kappa shape index (κ2) is 14.0. The summed E-state index contributed by atoms with van der Waals surface area (Å²) in [5, 5.41) is 3.87. The van der Waals surface area contributed by atoms with E-state index in [9.17, 15) is 43.1 Å². The van der Waals surface area contributed by atoms with Crippen molar-refractivity contribution in [1.29, 1.82) is 0 Å². The number of amides is 3. The summed E-state index contributed by atoms with van der Waals surface area (Å²) in [4.78, 5) is 78.0. The first-order valence-corrected chi connectivity index (χ1v) is 17.5. The van der Waals surface area contributed by atoms with E-state index in [-0.39, 0.29) is 29.2 Å². The highest BCUT2D eigenvalue weighted by molar-refractivity contribution is 7.67. The molecule has 0 bridgehead atoms. The zero-order valence-corrected chi connectivity index (χ0v) is 27.6. The number of nitrogens with two attached hydrogens (primary N) is 1. The number of ether oxygens (including phenoxy) is 2. The van der Waals surface area contributed by atoms with Crippen LogP contribution in [0.15, 0.2) is 30.3 Å². The van der Waals surface area contributed by atoms with E-state index < -0.39 is 61.0 Å². The Bertz CT molecular complexity index is 1540. The van der Waals surface area contributed by atoms with Gasteiger partial charge in [0.25, 0.3) is 5.91 Å².